The third kappa shape index (κ3) is 6.77. The van der Waals surface area contributed by atoms with Crippen molar-refractivity contribution in [1.29, 1.82) is 0 Å². The Balaban J connectivity index is 1.29. The van der Waals surface area contributed by atoms with Gasteiger partial charge in [-0.25, -0.2) is 0 Å². The molecule has 0 radical (unpaired) electrons. The van der Waals surface area contributed by atoms with E-state index >= 15 is 0 Å². The number of hydrogen-bond acceptors (Lipinski definition) is 3. The second-order valence-corrected chi connectivity index (χ2v) is 8.63. The number of likely N-dealkylation sites (tertiary alicyclic amines) is 1. The number of benzene rings is 3. The van der Waals surface area contributed by atoms with Gasteiger partial charge in [-0.3, -0.25) is 14.5 Å². The zero-order chi connectivity index (χ0) is 22.9. The van der Waals surface area contributed by atoms with Gasteiger partial charge in [0.2, 0.25) is 11.8 Å². The first-order valence-electron chi connectivity index (χ1n) is 11.6. The maximum Gasteiger partial charge on any atom is 0.234 e. The van der Waals surface area contributed by atoms with Crippen LogP contribution in [0.1, 0.15) is 30.0 Å². The van der Waals surface area contributed by atoms with Gasteiger partial charge in [0, 0.05) is 11.6 Å². The van der Waals surface area contributed by atoms with Crippen molar-refractivity contribution in [2.75, 3.05) is 25.0 Å². The average Bonchev–Trinajstić information content (AvgIpc) is 2.86. The molecule has 5 nitrogen and oxygen atoms in total. The van der Waals surface area contributed by atoms with Crippen LogP contribution in [0.3, 0.4) is 0 Å². The highest BCUT2D eigenvalue weighted by Gasteiger charge is 2.26. The molecular formula is C28H31N3O2. The first-order valence-corrected chi connectivity index (χ1v) is 11.6. The van der Waals surface area contributed by atoms with E-state index in [0.717, 1.165) is 43.6 Å². The highest BCUT2D eigenvalue weighted by Crippen LogP contribution is 2.21. The van der Waals surface area contributed by atoms with Crippen molar-refractivity contribution in [3.05, 3.63) is 102 Å². The van der Waals surface area contributed by atoms with Crippen LogP contribution < -0.4 is 10.6 Å². The number of rotatable bonds is 8. The van der Waals surface area contributed by atoms with Gasteiger partial charge in [-0.1, -0.05) is 78.9 Å². The van der Waals surface area contributed by atoms with Crippen molar-refractivity contribution in [2.45, 2.75) is 25.3 Å². The molecule has 0 aliphatic carbocycles. The monoisotopic (exact) mass is 441 g/mol. The number of anilines is 1. The number of piperidine rings is 1. The number of nitrogens with zero attached hydrogens (tertiary/aromatic N) is 1. The lowest BCUT2D eigenvalue weighted by Crippen LogP contribution is -2.44. The van der Waals surface area contributed by atoms with E-state index in [4.69, 9.17) is 0 Å². The third-order valence-corrected chi connectivity index (χ3v) is 6.19. The summed E-state index contributed by atoms with van der Waals surface area (Å²) < 4.78 is 0. The molecule has 3 aromatic rings. The first kappa shape index (κ1) is 22.7. The molecule has 1 heterocycles. The van der Waals surface area contributed by atoms with E-state index < -0.39 is 0 Å². The van der Waals surface area contributed by atoms with Crippen LogP contribution in [0.15, 0.2) is 91.0 Å². The predicted octanol–water partition coefficient (Wildman–Crippen LogP) is 4.44. The fraction of sp³-hybridized carbons (Fsp3) is 0.286. The Bertz CT molecular complexity index is 1020. The van der Waals surface area contributed by atoms with Gasteiger partial charge in [0.15, 0.2) is 0 Å². The largest absolute Gasteiger partial charge is 0.348 e. The number of amides is 2. The van der Waals surface area contributed by atoms with Gasteiger partial charge in [0.25, 0.3) is 0 Å². The van der Waals surface area contributed by atoms with Gasteiger partial charge >= 0.3 is 0 Å². The summed E-state index contributed by atoms with van der Waals surface area (Å²) in [4.78, 5) is 27.6. The molecule has 1 saturated heterocycles. The van der Waals surface area contributed by atoms with Crippen molar-refractivity contribution in [3.63, 3.8) is 0 Å². The Hall–Kier alpha value is -3.44. The summed E-state index contributed by atoms with van der Waals surface area (Å²) in [5.41, 5.74) is 3.12. The SMILES string of the molecule is O=C(CN1CCC(C(=O)Nc2ccccc2)CC1)NC(Cc1ccccc1)c1ccccc1. The number of carbonyl (C=O) groups excluding carboxylic acids is 2. The molecule has 2 amide bonds. The first-order chi connectivity index (χ1) is 16.2. The van der Waals surface area contributed by atoms with Gasteiger partial charge in [-0.05, 0) is 55.6 Å². The molecule has 1 unspecified atom stereocenters. The zero-order valence-electron chi connectivity index (χ0n) is 18.8. The van der Waals surface area contributed by atoms with Gasteiger partial charge in [0.1, 0.15) is 0 Å². The molecule has 0 aromatic heterocycles. The van der Waals surface area contributed by atoms with Crippen LogP contribution in [0.5, 0.6) is 0 Å². The molecule has 4 rings (SSSR count). The van der Waals surface area contributed by atoms with E-state index in [2.05, 4.69) is 39.8 Å². The minimum Gasteiger partial charge on any atom is -0.348 e. The fourth-order valence-corrected chi connectivity index (χ4v) is 4.35. The summed E-state index contributed by atoms with van der Waals surface area (Å²) in [6, 6.07) is 29.8. The second-order valence-electron chi connectivity index (χ2n) is 8.63. The molecule has 2 N–H and O–H groups in total. The van der Waals surface area contributed by atoms with E-state index in [9.17, 15) is 9.59 Å². The van der Waals surface area contributed by atoms with Gasteiger partial charge in [-0.15, -0.1) is 0 Å². The maximum absolute atomic E-state index is 12.9. The fourth-order valence-electron chi connectivity index (χ4n) is 4.35. The van der Waals surface area contributed by atoms with Crippen molar-refractivity contribution < 1.29 is 9.59 Å². The van der Waals surface area contributed by atoms with Crippen LogP contribution in [0.2, 0.25) is 0 Å². The molecule has 0 spiro atoms. The number of carbonyl (C=O) groups is 2. The number of hydrogen-bond donors (Lipinski definition) is 2. The van der Waals surface area contributed by atoms with Gasteiger partial charge in [0.05, 0.1) is 12.6 Å². The lowest BCUT2D eigenvalue weighted by Gasteiger charge is -2.31. The zero-order valence-corrected chi connectivity index (χ0v) is 18.8. The molecule has 1 atom stereocenters. The molecule has 1 fully saturated rings. The van der Waals surface area contributed by atoms with E-state index in [1.807, 2.05) is 66.7 Å². The van der Waals surface area contributed by atoms with Crippen LogP contribution in [0.4, 0.5) is 5.69 Å². The lowest BCUT2D eigenvalue weighted by atomic mass is 9.95. The van der Waals surface area contributed by atoms with Gasteiger partial charge in [-0.2, -0.15) is 0 Å². The van der Waals surface area contributed by atoms with Crippen LogP contribution in [-0.2, 0) is 16.0 Å². The minimum atomic E-state index is -0.0738. The van der Waals surface area contributed by atoms with Crippen LogP contribution in [-0.4, -0.2) is 36.3 Å². The standard InChI is InChI=1S/C28H31N3O2/c32-27(30-26(23-12-6-2-7-13-23)20-22-10-4-1-5-11-22)21-31-18-16-24(17-19-31)28(33)29-25-14-8-3-9-15-25/h1-15,24,26H,16-21H2,(H,29,33)(H,30,32). The normalized spacial score (nSPS) is 15.5. The number of nitrogens with one attached hydrogen (secondary N) is 2. The second kappa shape index (κ2) is 11.4. The summed E-state index contributed by atoms with van der Waals surface area (Å²) in [6.45, 7) is 1.84. The third-order valence-electron chi connectivity index (χ3n) is 6.19. The summed E-state index contributed by atoms with van der Waals surface area (Å²) in [6.07, 6.45) is 2.27. The Labute approximate surface area is 195 Å². The molecule has 33 heavy (non-hydrogen) atoms. The van der Waals surface area contributed by atoms with E-state index in [-0.39, 0.29) is 23.8 Å². The van der Waals surface area contributed by atoms with Crippen molar-refractivity contribution >= 4 is 17.5 Å². The van der Waals surface area contributed by atoms with Crippen molar-refractivity contribution in [1.82, 2.24) is 10.2 Å². The van der Waals surface area contributed by atoms with Gasteiger partial charge < -0.3 is 10.6 Å². The highest BCUT2D eigenvalue weighted by atomic mass is 16.2. The summed E-state index contributed by atoms with van der Waals surface area (Å²) >= 11 is 0. The molecule has 5 heteroatoms. The van der Waals surface area contributed by atoms with Crippen LogP contribution >= 0.6 is 0 Å². The predicted molar refractivity (Wildman–Crippen MR) is 132 cm³/mol. The Morgan fingerprint density at radius 2 is 1.39 bits per heavy atom. The summed E-state index contributed by atoms with van der Waals surface area (Å²) in [7, 11) is 0. The topological polar surface area (TPSA) is 61.4 Å². The summed E-state index contributed by atoms with van der Waals surface area (Å²) in [5.74, 6) is 0.0731. The van der Waals surface area contributed by atoms with Crippen molar-refractivity contribution in [3.8, 4) is 0 Å². The van der Waals surface area contributed by atoms with E-state index in [1.165, 1.54) is 5.56 Å². The van der Waals surface area contributed by atoms with Crippen molar-refractivity contribution in [2.24, 2.45) is 5.92 Å². The Kier molecular flexibility index (Phi) is 7.88. The molecule has 1 aliphatic rings. The molecule has 170 valence electrons. The molecule has 1 aliphatic heterocycles. The van der Waals surface area contributed by atoms with Crippen LogP contribution in [0, 0.1) is 5.92 Å². The quantitative estimate of drug-likeness (QED) is 0.543. The van der Waals surface area contributed by atoms with E-state index in [0.29, 0.717) is 6.54 Å². The van der Waals surface area contributed by atoms with Crippen LogP contribution in [0.25, 0.3) is 0 Å². The summed E-state index contributed by atoms with van der Waals surface area (Å²) in [5, 5.41) is 6.23. The Morgan fingerprint density at radius 1 is 0.818 bits per heavy atom. The molecular weight excluding hydrogens is 410 g/mol. The maximum atomic E-state index is 12.9. The highest BCUT2D eigenvalue weighted by molar-refractivity contribution is 5.92. The van der Waals surface area contributed by atoms with E-state index in [1.54, 1.807) is 0 Å². The smallest absolute Gasteiger partial charge is 0.234 e. The minimum absolute atomic E-state index is 0.0142. The average molecular weight is 442 g/mol. The number of para-hydroxylation sites is 1. The molecule has 0 bridgehead atoms. The lowest BCUT2D eigenvalue weighted by molar-refractivity contribution is -0.124. The molecule has 0 saturated carbocycles. The Morgan fingerprint density at radius 3 is 2.03 bits per heavy atom. The molecule has 3 aromatic carbocycles.